The first-order valence-corrected chi connectivity index (χ1v) is 7.17. The molecule has 0 bridgehead atoms. The third-order valence-electron chi connectivity index (χ3n) is 4.02. The van der Waals surface area contributed by atoms with Crippen molar-refractivity contribution in [2.75, 3.05) is 18.4 Å². The van der Waals surface area contributed by atoms with Gasteiger partial charge in [0.1, 0.15) is 11.0 Å². The topological polar surface area (TPSA) is 41.1 Å². The van der Waals surface area contributed by atoms with Gasteiger partial charge in [-0.1, -0.05) is 24.4 Å². The summed E-state index contributed by atoms with van der Waals surface area (Å²) in [5.41, 5.74) is 0. The van der Waals surface area contributed by atoms with Gasteiger partial charge in [0.2, 0.25) is 0 Å². The SMILES string of the molecule is Clc1cncc(N[C@@H]2CCN(C3CCCC3)C2)n1. The molecule has 0 radical (unpaired) electrons. The zero-order chi connectivity index (χ0) is 12.4. The van der Waals surface area contributed by atoms with Crippen molar-refractivity contribution >= 4 is 17.4 Å². The Morgan fingerprint density at radius 3 is 2.83 bits per heavy atom. The Balaban J connectivity index is 1.55. The van der Waals surface area contributed by atoms with Crippen molar-refractivity contribution in [3.63, 3.8) is 0 Å². The maximum atomic E-state index is 5.84. The van der Waals surface area contributed by atoms with E-state index >= 15 is 0 Å². The first-order chi connectivity index (χ1) is 8.81. The Bertz CT molecular complexity index is 406. The standard InChI is InChI=1S/C13H19ClN4/c14-12-7-15-8-13(17-12)16-10-5-6-18(9-10)11-3-1-2-4-11/h7-8,10-11H,1-6,9H2,(H,16,17)/t10-/m1/s1. The Morgan fingerprint density at radius 1 is 1.22 bits per heavy atom. The molecule has 1 aliphatic carbocycles. The molecular formula is C13H19ClN4. The summed E-state index contributed by atoms with van der Waals surface area (Å²) in [4.78, 5) is 10.9. The lowest BCUT2D eigenvalue weighted by atomic mass is 10.2. The fourth-order valence-corrected chi connectivity index (χ4v) is 3.27. The van der Waals surface area contributed by atoms with Crippen LogP contribution in [0.25, 0.3) is 0 Å². The predicted octanol–water partition coefficient (Wildman–Crippen LogP) is 2.56. The Morgan fingerprint density at radius 2 is 2.06 bits per heavy atom. The van der Waals surface area contributed by atoms with E-state index in [-0.39, 0.29) is 0 Å². The highest BCUT2D eigenvalue weighted by Gasteiger charge is 2.29. The van der Waals surface area contributed by atoms with Crippen LogP contribution in [0, 0.1) is 0 Å². The number of aromatic nitrogens is 2. The van der Waals surface area contributed by atoms with E-state index in [1.807, 2.05) is 0 Å². The van der Waals surface area contributed by atoms with Crippen LogP contribution in [0.15, 0.2) is 12.4 Å². The summed E-state index contributed by atoms with van der Waals surface area (Å²) in [5, 5.41) is 3.89. The third kappa shape index (κ3) is 2.75. The predicted molar refractivity (Wildman–Crippen MR) is 72.9 cm³/mol. The van der Waals surface area contributed by atoms with Gasteiger partial charge in [0, 0.05) is 25.2 Å². The van der Waals surface area contributed by atoms with E-state index in [2.05, 4.69) is 20.2 Å². The number of nitrogens with one attached hydrogen (secondary N) is 1. The van der Waals surface area contributed by atoms with Crippen molar-refractivity contribution in [3.05, 3.63) is 17.5 Å². The average Bonchev–Trinajstić information content (AvgIpc) is 2.98. The zero-order valence-electron chi connectivity index (χ0n) is 10.5. The van der Waals surface area contributed by atoms with Gasteiger partial charge in [0.05, 0.1) is 12.4 Å². The summed E-state index contributed by atoms with van der Waals surface area (Å²) in [6.07, 6.45) is 10.0. The van der Waals surface area contributed by atoms with E-state index in [1.165, 1.54) is 38.6 Å². The van der Waals surface area contributed by atoms with Crippen LogP contribution >= 0.6 is 11.6 Å². The molecule has 2 fully saturated rings. The number of halogens is 1. The fourth-order valence-electron chi connectivity index (χ4n) is 3.13. The second kappa shape index (κ2) is 5.41. The second-order valence-electron chi connectivity index (χ2n) is 5.29. The van der Waals surface area contributed by atoms with E-state index in [0.717, 1.165) is 18.4 Å². The van der Waals surface area contributed by atoms with Crippen LogP contribution < -0.4 is 5.32 Å². The van der Waals surface area contributed by atoms with Crippen molar-refractivity contribution in [2.24, 2.45) is 0 Å². The second-order valence-corrected chi connectivity index (χ2v) is 5.68. The smallest absolute Gasteiger partial charge is 0.149 e. The van der Waals surface area contributed by atoms with Gasteiger partial charge in [-0.3, -0.25) is 9.88 Å². The van der Waals surface area contributed by atoms with E-state index in [1.54, 1.807) is 12.4 Å². The summed E-state index contributed by atoms with van der Waals surface area (Å²) < 4.78 is 0. The zero-order valence-corrected chi connectivity index (χ0v) is 11.2. The van der Waals surface area contributed by atoms with Crippen LogP contribution in [0.4, 0.5) is 5.82 Å². The minimum Gasteiger partial charge on any atom is -0.365 e. The van der Waals surface area contributed by atoms with Gasteiger partial charge < -0.3 is 5.32 Å². The molecular weight excluding hydrogens is 248 g/mol. The number of likely N-dealkylation sites (tertiary alicyclic amines) is 1. The van der Waals surface area contributed by atoms with Crippen molar-refractivity contribution in [1.29, 1.82) is 0 Å². The summed E-state index contributed by atoms with van der Waals surface area (Å²) in [5.74, 6) is 0.792. The summed E-state index contributed by atoms with van der Waals surface area (Å²) in [6, 6.07) is 1.31. The molecule has 0 aromatic carbocycles. The molecule has 2 aliphatic rings. The lowest BCUT2D eigenvalue weighted by Crippen LogP contribution is -2.33. The molecule has 0 amide bonds. The average molecular weight is 267 g/mol. The number of anilines is 1. The van der Waals surface area contributed by atoms with Gasteiger partial charge in [-0.2, -0.15) is 0 Å². The van der Waals surface area contributed by atoms with E-state index in [9.17, 15) is 0 Å². The minimum atomic E-state index is 0.450. The lowest BCUT2D eigenvalue weighted by Gasteiger charge is -2.23. The van der Waals surface area contributed by atoms with Crippen LogP contribution in [0.5, 0.6) is 0 Å². The molecule has 0 spiro atoms. The molecule has 1 atom stereocenters. The first kappa shape index (κ1) is 12.2. The fraction of sp³-hybridized carbons (Fsp3) is 0.692. The van der Waals surface area contributed by atoms with Crippen molar-refractivity contribution in [3.8, 4) is 0 Å². The van der Waals surface area contributed by atoms with Gasteiger partial charge >= 0.3 is 0 Å². The van der Waals surface area contributed by atoms with Gasteiger partial charge in [0.25, 0.3) is 0 Å². The molecule has 1 aromatic heterocycles. The molecule has 1 aliphatic heterocycles. The number of hydrogen-bond acceptors (Lipinski definition) is 4. The van der Waals surface area contributed by atoms with Crippen LogP contribution in [-0.2, 0) is 0 Å². The van der Waals surface area contributed by atoms with Gasteiger partial charge in [-0.05, 0) is 19.3 Å². The molecule has 4 nitrogen and oxygen atoms in total. The number of hydrogen-bond donors (Lipinski definition) is 1. The van der Waals surface area contributed by atoms with Gasteiger partial charge in [-0.25, -0.2) is 4.98 Å². The monoisotopic (exact) mass is 266 g/mol. The maximum Gasteiger partial charge on any atom is 0.149 e. The Kier molecular flexibility index (Phi) is 3.66. The molecule has 5 heteroatoms. The molecule has 1 aromatic rings. The summed E-state index contributed by atoms with van der Waals surface area (Å²) in [7, 11) is 0. The van der Waals surface area contributed by atoms with Crippen LogP contribution in [-0.4, -0.2) is 40.0 Å². The molecule has 0 unspecified atom stereocenters. The molecule has 1 saturated heterocycles. The third-order valence-corrected chi connectivity index (χ3v) is 4.20. The number of nitrogens with zero attached hydrogens (tertiary/aromatic N) is 3. The van der Waals surface area contributed by atoms with Crippen LogP contribution in [0.3, 0.4) is 0 Å². The highest BCUT2D eigenvalue weighted by atomic mass is 35.5. The highest BCUT2D eigenvalue weighted by molar-refractivity contribution is 6.29. The van der Waals surface area contributed by atoms with Gasteiger partial charge in [-0.15, -0.1) is 0 Å². The lowest BCUT2D eigenvalue weighted by molar-refractivity contribution is 0.245. The summed E-state index contributed by atoms with van der Waals surface area (Å²) >= 11 is 5.84. The first-order valence-electron chi connectivity index (χ1n) is 6.79. The Hall–Kier alpha value is -0.870. The number of rotatable bonds is 3. The van der Waals surface area contributed by atoms with Crippen LogP contribution in [0.2, 0.25) is 5.15 Å². The molecule has 98 valence electrons. The van der Waals surface area contributed by atoms with E-state index < -0.39 is 0 Å². The molecule has 18 heavy (non-hydrogen) atoms. The minimum absolute atomic E-state index is 0.450. The Labute approximate surface area is 113 Å². The van der Waals surface area contributed by atoms with E-state index in [0.29, 0.717) is 11.2 Å². The highest BCUT2D eigenvalue weighted by Crippen LogP contribution is 2.27. The van der Waals surface area contributed by atoms with E-state index in [4.69, 9.17) is 11.6 Å². The van der Waals surface area contributed by atoms with Crippen molar-refractivity contribution < 1.29 is 0 Å². The van der Waals surface area contributed by atoms with Gasteiger partial charge in [0.15, 0.2) is 0 Å². The molecule has 3 rings (SSSR count). The molecule has 2 heterocycles. The maximum absolute atomic E-state index is 5.84. The normalized spacial score (nSPS) is 25.7. The summed E-state index contributed by atoms with van der Waals surface area (Å²) in [6.45, 7) is 2.33. The largest absolute Gasteiger partial charge is 0.365 e. The van der Waals surface area contributed by atoms with Crippen LogP contribution in [0.1, 0.15) is 32.1 Å². The van der Waals surface area contributed by atoms with Crippen molar-refractivity contribution in [2.45, 2.75) is 44.2 Å². The van der Waals surface area contributed by atoms with Crippen molar-refractivity contribution in [1.82, 2.24) is 14.9 Å². The molecule has 1 saturated carbocycles. The molecule has 1 N–H and O–H groups in total. The quantitative estimate of drug-likeness (QED) is 0.913.